The molecular weight excluding hydrogens is 427 g/mol. The van der Waals surface area contributed by atoms with Gasteiger partial charge in [-0.05, 0) is 25.3 Å². The van der Waals surface area contributed by atoms with E-state index >= 15 is 0 Å². The van der Waals surface area contributed by atoms with Gasteiger partial charge in [-0.3, -0.25) is 4.79 Å². The number of nitrogens with zero attached hydrogens (tertiary/aromatic N) is 3. The maximum atomic E-state index is 11.9. The van der Waals surface area contributed by atoms with Gasteiger partial charge in [0.2, 0.25) is 5.91 Å². The number of aliphatic imine (C=N–C) groups is 1. The van der Waals surface area contributed by atoms with Crippen LogP contribution < -0.4 is 5.32 Å². The summed E-state index contributed by atoms with van der Waals surface area (Å²) in [6.45, 7) is 6.41. The van der Waals surface area contributed by atoms with Crippen molar-refractivity contribution >= 4 is 35.8 Å². The molecule has 1 heterocycles. The summed E-state index contributed by atoms with van der Waals surface area (Å²) < 4.78 is 0. The number of halogens is 1. The number of hydrogen-bond donors (Lipinski definition) is 1. The van der Waals surface area contributed by atoms with Gasteiger partial charge < -0.3 is 15.1 Å². The fraction of sp³-hybridized carbons (Fsp3) is 0.579. The second kappa shape index (κ2) is 10.6. The number of benzene rings is 1. The minimum atomic E-state index is 0. The molecule has 2 rings (SSSR count). The van der Waals surface area contributed by atoms with E-state index in [1.807, 2.05) is 0 Å². The van der Waals surface area contributed by atoms with Crippen LogP contribution >= 0.6 is 24.0 Å². The first-order valence-electron chi connectivity index (χ1n) is 8.82. The molecule has 1 aliphatic rings. The average molecular weight is 458 g/mol. The van der Waals surface area contributed by atoms with E-state index in [-0.39, 0.29) is 36.4 Å². The van der Waals surface area contributed by atoms with Crippen molar-refractivity contribution in [3.05, 3.63) is 35.9 Å². The van der Waals surface area contributed by atoms with Crippen LogP contribution in [0.2, 0.25) is 0 Å². The molecule has 0 aliphatic carbocycles. The Balaban J connectivity index is 0.00000312. The SMILES string of the molecule is CCC(C)NC(=NCC(=O)N(C)C)N1CCC(c2ccccc2)C1.I. The number of likely N-dealkylation sites (N-methyl/N-ethyl adjacent to an activating group) is 1. The molecule has 1 fully saturated rings. The number of rotatable bonds is 5. The van der Waals surface area contributed by atoms with E-state index in [0.717, 1.165) is 31.9 Å². The normalized spacial score (nSPS) is 18.5. The van der Waals surface area contributed by atoms with Crippen molar-refractivity contribution in [1.29, 1.82) is 0 Å². The molecule has 0 bridgehead atoms. The van der Waals surface area contributed by atoms with Crippen LogP contribution in [0.1, 0.15) is 38.2 Å². The van der Waals surface area contributed by atoms with E-state index in [1.165, 1.54) is 5.56 Å². The summed E-state index contributed by atoms with van der Waals surface area (Å²) in [5.74, 6) is 1.41. The van der Waals surface area contributed by atoms with Crippen LogP contribution in [0, 0.1) is 0 Å². The molecule has 5 nitrogen and oxygen atoms in total. The number of likely N-dealkylation sites (tertiary alicyclic amines) is 1. The molecule has 1 aliphatic heterocycles. The Kier molecular flexibility index (Phi) is 9.24. The van der Waals surface area contributed by atoms with E-state index in [9.17, 15) is 4.79 Å². The van der Waals surface area contributed by atoms with Gasteiger partial charge in [0.25, 0.3) is 0 Å². The number of amides is 1. The predicted molar refractivity (Wildman–Crippen MR) is 115 cm³/mol. The Hall–Kier alpha value is -1.31. The maximum Gasteiger partial charge on any atom is 0.243 e. The van der Waals surface area contributed by atoms with E-state index in [0.29, 0.717) is 12.0 Å². The number of guanidine groups is 1. The summed E-state index contributed by atoms with van der Waals surface area (Å²) in [6, 6.07) is 11.0. The molecule has 1 amide bonds. The average Bonchev–Trinajstić information content (AvgIpc) is 3.08. The molecule has 1 aromatic carbocycles. The highest BCUT2D eigenvalue weighted by Gasteiger charge is 2.26. The van der Waals surface area contributed by atoms with Crippen molar-refractivity contribution in [3.63, 3.8) is 0 Å². The lowest BCUT2D eigenvalue weighted by Gasteiger charge is -2.25. The van der Waals surface area contributed by atoms with Gasteiger partial charge in [0.15, 0.2) is 5.96 Å². The summed E-state index contributed by atoms with van der Waals surface area (Å²) in [5.41, 5.74) is 1.38. The number of carbonyl (C=O) groups is 1. The zero-order valence-electron chi connectivity index (χ0n) is 15.7. The molecule has 0 aromatic heterocycles. The lowest BCUT2D eigenvalue weighted by Crippen LogP contribution is -2.44. The molecule has 140 valence electrons. The van der Waals surface area contributed by atoms with Gasteiger partial charge in [0, 0.05) is 39.1 Å². The van der Waals surface area contributed by atoms with Crippen LogP contribution in [0.5, 0.6) is 0 Å². The lowest BCUT2D eigenvalue weighted by molar-refractivity contribution is -0.127. The van der Waals surface area contributed by atoms with E-state index < -0.39 is 0 Å². The van der Waals surface area contributed by atoms with Gasteiger partial charge in [-0.25, -0.2) is 4.99 Å². The molecule has 2 atom stereocenters. The van der Waals surface area contributed by atoms with Crippen molar-refractivity contribution in [2.45, 2.75) is 38.6 Å². The molecule has 0 spiro atoms. The second-order valence-corrected chi connectivity index (χ2v) is 6.72. The quantitative estimate of drug-likeness (QED) is 0.420. The van der Waals surface area contributed by atoms with Gasteiger partial charge in [0.05, 0.1) is 0 Å². The first kappa shape index (κ1) is 21.7. The smallest absolute Gasteiger partial charge is 0.243 e. The van der Waals surface area contributed by atoms with Crippen LogP contribution in [0.15, 0.2) is 35.3 Å². The monoisotopic (exact) mass is 458 g/mol. The summed E-state index contributed by atoms with van der Waals surface area (Å²) in [5, 5.41) is 3.48. The topological polar surface area (TPSA) is 47.9 Å². The predicted octanol–water partition coefficient (Wildman–Crippen LogP) is 2.93. The summed E-state index contributed by atoms with van der Waals surface area (Å²) >= 11 is 0. The van der Waals surface area contributed by atoms with Crippen molar-refractivity contribution in [1.82, 2.24) is 15.1 Å². The summed E-state index contributed by atoms with van der Waals surface area (Å²) in [4.78, 5) is 20.3. The van der Waals surface area contributed by atoms with Gasteiger partial charge in [-0.1, -0.05) is 37.3 Å². The third kappa shape index (κ3) is 6.49. The molecule has 0 radical (unpaired) electrons. The molecule has 0 saturated carbocycles. The Labute approximate surface area is 168 Å². The van der Waals surface area contributed by atoms with Crippen LogP contribution in [-0.2, 0) is 4.79 Å². The molecule has 1 aromatic rings. The molecular formula is C19H31IN4O. The largest absolute Gasteiger partial charge is 0.354 e. The van der Waals surface area contributed by atoms with Crippen LogP contribution in [0.4, 0.5) is 0 Å². The molecule has 1 N–H and O–H groups in total. The summed E-state index contributed by atoms with van der Waals surface area (Å²) in [6.07, 6.45) is 2.14. The van der Waals surface area contributed by atoms with Crippen LogP contribution in [0.25, 0.3) is 0 Å². The highest BCUT2D eigenvalue weighted by Crippen LogP contribution is 2.26. The first-order valence-corrected chi connectivity index (χ1v) is 8.82. The van der Waals surface area contributed by atoms with Crippen molar-refractivity contribution in [3.8, 4) is 0 Å². The Bertz CT molecular complexity index is 562. The third-order valence-corrected chi connectivity index (χ3v) is 4.61. The van der Waals surface area contributed by atoms with Gasteiger partial charge >= 0.3 is 0 Å². The van der Waals surface area contributed by atoms with Crippen LogP contribution in [-0.4, -0.2) is 61.4 Å². The van der Waals surface area contributed by atoms with Crippen molar-refractivity contribution < 1.29 is 4.79 Å². The third-order valence-electron chi connectivity index (χ3n) is 4.61. The van der Waals surface area contributed by atoms with E-state index in [1.54, 1.807) is 19.0 Å². The highest BCUT2D eigenvalue weighted by molar-refractivity contribution is 14.0. The second-order valence-electron chi connectivity index (χ2n) is 6.72. The Morgan fingerprint density at radius 3 is 2.64 bits per heavy atom. The number of hydrogen-bond acceptors (Lipinski definition) is 2. The van der Waals surface area contributed by atoms with Gasteiger partial charge in [-0.2, -0.15) is 0 Å². The van der Waals surface area contributed by atoms with Crippen molar-refractivity contribution in [2.75, 3.05) is 33.7 Å². The number of carbonyl (C=O) groups excluding carboxylic acids is 1. The molecule has 2 unspecified atom stereocenters. The standard InChI is InChI=1S/C19H30N4O.HI/c1-5-15(2)21-19(20-13-18(24)22(3)4)23-12-11-17(14-23)16-9-7-6-8-10-16;/h6-10,15,17H,5,11-14H2,1-4H3,(H,20,21);1H. The molecule has 25 heavy (non-hydrogen) atoms. The minimum absolute atomic E-state index is 0. The molecule has 1 saturated heterocycles. The van der Waals surface area contributed by atoms with E-state index in [2.05, 4.69) is 59.4 Å². The first-order chi connectivity index (χ1) is 11.5. The maximum absolute atomic E-state index is 11.9. The fourth-order valence-corrected chi connectivity index (χ4v) is 2.79. The van der Waals surface area contributed by atoms with Crippen LogP contribution in [0.3, 0.4) is 0 Å². The van der Waals surface area contributed by atoms with E-state index in [4.69, 9.17) is 0 Å². The minimum Gasteiger partial charge on any atom is -0.354 e. The Morgan fingerprint density at radius 2 is 2.04 bits per heavy atom. The van der Waals surface area contributed by atoms with Crippen molar-refractivity contribution in [2.24, 2.45) is 4.99 Å². The van der Waals surface area contributed by atoms with Gasteiger partial charge in [0.1, 0.15) is 6.54 Å². The fourth-order valence-electron chi connectivity index (χ4n) is 2.79. The molecule has 6 heteroatoms. The lowest BCUT2D eigenvalue weighted by atomic mass is 9.99. The Morgan fingerprint density at radius 1 is 1.36 bits per heavy atom. The zero-order valence-corrected chi connectivity index (χ0v) is 18.1. The zero-order chi connectivity index (χ0) is 17.5. The van der Waals surface area contributed by atoms with Gasteiger partial charge in [-0.15, -0.1) is 24.0 Å². The summed E-state index contributed by atoms with van der Waals surface area (Å²) in [7, 11) is 3.53. The highest BCUT2D eigenvalue weighted by atomic mass is 127. The number of nitrogens with one attached hydrogen (secondary N) is 1.